The molecule has 2 nitrogen and oxygen atoms in total. The molecule has 2 aromatic heterocycles. The maximum atomic E-state index is 12.2. The van der Waals surface area contributed by atoms with Gasteiger partial charge >= 0.3 is 0 Å². The Balaban J connectivity index is 0.000000135. The molecule has 4 aromatic carbocycles. The number of hydrogen-bond acceptors (Lipinski definition) is 4. The second-order valence-electron chi connectivity index (χ2n) is 7.49. The lowest BCUT2D eigenvalue weighted by atomic mass is 10.1. The molecule has 0 saturated carbocycles. The Labute approximate surface area is 197 Å². The van der Waals surface area contributed by atoms with Gasteiger partial charge in [0.05, 0.1) is 0 Å². The Morgan fingerprint density at radius 3 is 1.78 bits per heavy atom. The molecule has 0 atom stereocenters. The van der Waals surface area contributed by atoms with E-state index in [2.05, 4.69) is 6.07 Å². The van der Waals surface area contributed by atoms with E-state index in [1.54, 1.807) is 28.7 Å². The van der Waals surface area contributed by atoms with E-state index in [0.717, 1.165) is 35.0 Å². The summed E-state index contributed by atoms with van der Waals surface area (Å²) in [4.78, 5) is 24.4. The fraction of sp³-hybridized carbons (Fsp3) is 0.0370. The first-order chi connectivity index (χ1) is 15.5. The zero-order valence-corrected chi connectivity index (χ0v) is 19.5. The van der Waals surface area contributed by atoms with Crippen molar-refractivity contribution in [3.05, 3.63) is 116 Å². The van der Waals surface area contributed by atoms with Crippen LogP contribution in [-0.2, 0) is 0 Å². The molecule has 0 bridgehead atoms. The molecule has 0 aliphatic carbocycles. The molecule has 0 radical (unpaired) electrons. The van der Waals surface area contributed by atoms with E-state index in [1.807, 2.05) is 79.7 Å². The van der Waals surface area contributed by atoms with Crippen molar-refractivity contribution in [1.29, 1.82) is 0 Å². The zero-order chi connectivity index (χ0) is 22.2. The molecule has 0 aliphatic heterocycles. The standard InChI is InChI=1S/C14H10OS.C13H7ClOS/c1-9-6-7-11-13(8-9)16-12-5-3-2-4-10(12)14(11)15;14-8-5-6-12-10(7-8)13(15)9-3-1-2-4-11(9)16-12/h2-8H,1H3;1-7H. The zero-order valence-electron chi connectivity index (χ0n) is 17.1. The summed E-state index contributed by atoms with van der Waals surface area (Å²) < 4.78 is 4.13. The van der Waals surface area contributed by atoms with E-state index in [0.29, 0.717) is 10.4 Å². The minimum atomic E-state index is 0.0619. The van der Waals surface area contributed by atoms with Crippen LogP contribution in [0.4, 0.5) is 0 Å². The normalized spacial score (nSPS) is 11.1. The molecule has 5 heteroatoms. The first-order valence-electron chi connectivity index (χ1n) is 10.0. The number of benzene rings is 4. The maximum absolute atomic E-state index is 12.2. The molecular weight excluding hydrogens is 456 g/mol. The fourth-order valence-corrected chi connectivity index (χ4v) is 6.08. The van der Waals surface area contributed by atoms with Crippen LogP contribution in [0.25, 0.3) is 40.3 Å². The molecule has 32 heavy (non-hydrogen) atoms. The van der Waals surface area contributed by atoms with Gasteiger partial charge in [0, 0.05) is 45.4 Å². The number of aryl methyl sites for hydroxylation is 1. The van der Waals surface area contributed by atoms with Crippen LogP contribution in [-0.4, -0.2) is 0 Å². The molecular formula is C27H17ClO2S2. The molecule has 0 amide bonds. The molecule has 0 spiro atoms. The Morgan fingerprint density at radius 1 is 0.562 bits per heavy atom. The van der Waals surface area contributed by atoms with Crippen LogP contribution in [0.3, 0.4) is 0 Å². The van der Waals surface area contributed by atoms with E-state index in [-0.39, 0.29) is 10.9 Å². The third-order valence-electron chi connectivity index (χ3n) is 5.27. The molecule has 6 aromatic rings. The van der Waals surface area contributed by atoms with Crippen LogP contribution in [0.2, 0.25) is 5.02 Å². The van der Waals surface area contributed by atoms with E-state index in [1.165, 1.54) is 5.56 Å². The first-order valence-corrected chi connectivity index (χ1v) is 12.1. The topological polar surface area (TPSA) is 34.1 Å². The monoisotopic (exact) mass is 472 g/mol. The highest BCUT2D eigenvalue weighted by molar-refractivity contribution is 7.24. The number of fused-ring (bicyclic) bond motifs is 4. The summed E-state index contributed by atoms with van der Waals surface area (Å²) in [5, 5.41) is 3.73. The van der Waals surface area contributed by atoms with Gasteiger partial charge in [-0.2, -0.15) is 0 Å². The van der Waals surface area contributed by atoms with Gasteiger partial charge in [-0.3, -0.25) is 9.59 Å². The SMILES string of the molecule is Cc1ccc2c(=O)c3ccccc3sc2c1.O=c1c2ccccc2sc2ccc(Cl)cc12. The largest absolute Gasteiger partial charge is 0.289 e. The highest BCUT2D eigenvalue weighted by Gasteiger charge is 2.06. The third-order valence-corrected chi connectivity index (χ3v) is 7.79. The van der Waals surface area contributed by atoms with Crippen molar-refractivity contribution in [1.82, 2.24) is 0 Å². The average Bonchev–Trinajstić information content (AvgIpc) is 2.80. The predicted octanol–water partition coefficient (Wildman–Crippen LogP) is 7.79. The van der Waals surface area contributed by atoms with Crippen LogP contribution < -0.4 is 10.9 Å². The fourth-order valence-electron chi connectivity index (χ4n) is 3.68. The van der Waals surface area contributed by atoms with Gasteiger partial charge in [0.2, 0.25) is 0 Å². The van der Waals surface area contributed by atoms with Crippen molar-refractivity contribution >= 4 is 74.6 Å². The summed E-state index contributed by atoms with van der Waals surface area (Å²) >= 11 is 9.20. The summed E-state index contributed by atoms with van der Waals surface area (Å²) in [7, 11) is 0. The highest BCUT2D eigenvalue weighted by Crippen LogP contribution is 2.26. The minimum Gasteiger partial charge on any atom is -0.289 e. The lowest BCUT2D eigenvalue weighted by Gasteiger charge is -2.01. The Morgan fingerprint density at radius 2 is 1.09 bits per heavy atom. The van der Waals surface area contributed by atoms with Crippen LogP contribution in [0.15, 0.2) is 94.5 Å². The predicted molar refractivity (Wildman–Crippen MR) is 141 cm³/mol. The van der Waals surface area contributed by atoms with E-state index in [4.69, 9.17) is 11.6 Å². The molecule has 0 saturated heterocycles. The van der Waals surface area contributed by atoms with Crippen molar-refractivity contribution in [2.75, 3.05) is 0 Å². The van der Waals surface area contributed by atoms with Crippen molar-refractivity contribution in [3.8, 4) is 0 Å². The molecule has 0 fully saturated rings. The van der Waals surface area contributed by atoms with Crippen LogP contribution in [0.5, 0.6) is 0 Å². The number of hydrogen-bond donors (Lipinski definition) is 0. The van der Waals surface area contributed by atoms with Gasteiger partial charge in [0.25, 0.3) is 0 Å². The average molecular weight is 473 g/mol. The molecule has 0 unspecified atom stereocenters. The summed E-state index contributed by atoms with van der Waals surface area (Å²) in [6.45, 7) is 2.05. The lowest BCUT2D eigenvalue weighted by molar-refractivity contribution is 1.51. The Bertz CT molecular complexity index is 1750. The second kappa shape index (κ2) is 8.47. The molecule has 156 valence electrons. The van der Waals surface area contributed by atoms with Gasteiger partial charge < -0.3 is 0 Å². The van der Waals surface area contributed by atoms with Crippen molar-refractivity contribution < 1.29 is 0 Å². The van der Waals surface area contributed by atoms with Gasteiger partial charge in [-0.15, -0.1) is 22.7 Å². The Kier molecular flexibility index (Phi) is 5.51. The van der Waals surface area contributed by atoms with Gasteiger partial charge in [0.1, 0.15) is 0 Å². The van der Waals surface area contributed by atoms with Crippen LogP contribution in [0, 0.1) is 6.92 Å². The van der Waals surface area contributed by atoms with Crippen molar-refractivity contribution in [3.63, 3.8) is 0 Å². The third kappa shape index (κ3) is 3.82. The second-order valence-corrected chi connectivity index (χ2v) is 10.1. The molecule has 0 N–H and O–H groups in total. The van der Waals surface area contributed by atoms with Gasteiger partial charge in [-0.25, -0.2) is 0 Å². The van der Waals surface area contributed by atoms with Gasteiger partial charge in [-0.05, 0) is 67.1 Å². The van der Waals surface area contributed by atoms with E-state index in [9.17, 15) is 9.59 Å². The van der Waals surface area contributed by atoms with Crippen molar-refractivity contribution in [2.24, 2.45) is 0 Å². The first kappa shape index (κ1) is 20.8. The smallest absolute Gasteiger partial charge is 0.195 e. The minimum absolute atomic E-state index is 0.0619. The molecule has 6 rings (SSSR count). The summed E-state index contributed by atoms with van der Waals surface area (Å²) in [5.41, 5.74) is 1.40. The van der Waals surface area contributed by atoms with Crippen molar-refractivity contribution in [2.45, 2.75) is 6.92 Å². The highest BCUT2D eigenvalue weighted by atomic mass is 35.5. The van der Waals surface area contributed by atoms with E-state index >= 15 is 0 Å². The van der Waals surface area contributed by atoms with Crippen LogP contribution >= 0.6 is 34.3 Å². The molecule has 2 heterocycles. The summed E-state index contributed by atoms with van der Waals surface area (Å²) in [5.74, 6) is 0. The Hall–Kier alpha value is -3.05. The summed E-state index contributed by atoms with van der Waals surface area (Å²) in [6.07, 6.45) is 0. The van der Waals surface area contributed by atoms with E-state index < -0.39 is 0 Å². The lowest BCUT2D eigenvalue weighted by Crippen LogP contribution is -2.00. The van der Waals surface area contributed by atoms with Gasteiger partial charge in [0.15, 0.2) is 10.9 Å². The summed E-state index contributed by atoms with van der Waals surface area (Å²) in [6, 6.07) is 26.9. The van der Waals surface area contributed by atoms with Crippen LogP contribution in [0.1, 0.15) is 5.56 Å². The molecule has 0 aliphatic rings. The van der Waals surface area contributed by atoms with Gasteiger partial charge in [-0.1, -0.05) is 41.9 Å². The number of rotatable bonds is 0. The number of halogens is 1. The quantitative estimate of drug-likeness (QED) is 0.211. The maximum Gasteiger partial charge on any atom is 0.195 e.